The van der Waals surface area contributed by atoms with E-state index in [1.54, 1.807) is 23.6 Å². The van der Waals surface area contributed by atoms with Gasteiger partial charge in [0, 0.05) is 37.3 Å². The molecule has 38 heavy (non-hydrogen) atoms. The fraction of sp³-hybridized carbons (Fsp3) is 0.417. The van der Waals surface area contributed by atoms with Crippen LogP contribution in [0.3, 0.4) is 0 Å². The molecule has 2 fully saturated rings. The minimum atomic E-state index is -3.02. The number of nitrogen functional groups attached to an aromatic ring is 1. The van der Waals surface area contributed by atoms with Crippen LogP contribution in [-0.2, 0) is 16.4 Å². The average molecular weight is 546 g/mol. The van der Waals surface area contributed by atoms with E-state index in [1.807, 2.05) is 17.0 Å². The second-order valence-electron chi connectivity index (χ2n) is 9.70. The second-order valence-corrected chi connectivity index (χ2v) is 12.0. The Bertz CT molecular complexity index is 1510. The summed E-state index contributed by atoms with van der Waals surface area (Å²) in [7, 11) is -3.02. The predicted octanol–water partition coefficient (Wildman–Crippen LogP) is 0.947. The van der Waals surface area contributed by atoms with E-state index in [0.717, 1.165) is 10.5 Å². The molecule has 2 aliphatic heterocycles. The van der Waals surface area contributed by atoms with Gasteiger partial charge in [0.25, 0.3) is 5.91 Å². The maximum Gasteiger partial charge on any atom is 0.407 e. The lowest BCUT2D eigenvalue weighted by molar-refractivity contribution is 0.0922. The molecular weight excluding hydrogens is 517 g/mol. The van der Waals surface area contributed by atoms with Gasteiger partial charge in [0.15, 0.2) is 15.7 Å². The zero-order valence-electron chi connectivity index (χ0n) is 20.7. The molecule has 2 saturated heterocycles. The zero-order chi connectivity index (χ0) is 27.2. The summed E-state index contributed by atoms with van der Waals surface area (Å²) < 4.78 is 39.7. The van der Waals surface area contributed by atoms with Crippen molar-refractivity contribution in [2.24, 2.45) is 0 Å². The molecule has 0 unspecified atom stereocenters. The van der Waals surface area contributed by atoms with Crippen LogP contribution in [0.1, 0.15) is 21.5 Å². The van der Waals surface area contributed by atoms with Crippen molar-refractivity contribution in [1.82, 2.24) is 29.7 Å². The Kier molecular flexibility index (Phi) is 6.69. The molecule has 3 aromatic rings. The number of likely N-dealkylation sites (tertiary alicyclic amines) is 1. The molecule has 202 valence electrons. The Morgan fingerprint density at radius 3 is 2.63 bits per heavy atom. The third kappa shape index (κ3) is 5.00. The molecule has 0 radical (unpaired) electrons. The first-order chi connectivity index (χ1) is 18.0. The van der Waals surface area contributed by atoms with Crippen LogP contribution in [0.15, 0.2) is 30.6 Å². The Morgan fingerprint density at radius 2 is 1.95 bits per heavy atom. The van der Waals surface area contributed by atoms with Gasteiger partial charge in [-0.15, -0.1) is 0 Å². The monoisotopic (exact) mass is 545 g/mol. The number of halogens is 1. The van der Waals surface area contributed by atoms with Crippen molar-refractivity contribution in [3.8, 4) is 11.3 Å². The van der Waals surface area contributed by atoms with Gasteiger partial charge in [-0.05, 0) is 30.2 Å². The lowest BCUT2D eigenvalue weighted by atomic mass is 10.0. The van der Waals surface area contributed by atoms with Crippen LogP contribution in [-0.4, -0.2) is 99.8 Å². The van der Waals surface area contributed by atoms with E-state index in [4.69, 9.17) is 10.8 Å². The number of hydrogen-bond acceptors (Lipinski definition) is 8. The van der Waals surface area contributed by atoms with Crippen molar-refractivity contribution in [1.29, 1.82) is 0 Å². The fourth-order valence-electron chi connectivity index (χ4n) is 4.95. The van der Waals surface area contributed by atoms with Gasteiger partial charge in [-0.3, -0.25) is 9.69 Å². The van der Waals surface area contributed by atoms with E-state index in [1.165, 1.54) is 6.33 Å². The lowest BCUT2D eigenvalue weighted by Crippen LogP contribution is -2.42. The Hall–Kier alpha value is -3.78. The van der Waals surface area contributed by atoms with E-state index in [2.05, 4.69) is 15.4 Å². The number of fused-ring (bicyclic) bond motifs is 1. The fourth-order valence-corrected chi connectivity index (χ4v) is 6.23. The summed E-state index contributed by atoms with van der Waals surface area (Å²) in [5.41, 5.74) is 9.94. The number of nitrogens with one attached hydrogen (secondary N) is 1. The van der Waals surface area contributed by atoms with Crippen molar-refractivity contribution < 1.29 is 27.5 Å². The average Bonchev–Trinajstić information content (AvgIpc) is 3.42. The van der Waals surface area contributed by atoms with Gasteiger partial charge >= 0.3 is 6.09 Å². The minimum Gasteiger partial charge on any atom is -0.465 e. The molecule has 0 bridgehead atoms. The molecular formula is C24H28FN7O5S. The number of alkyl halides is 1. The molecule has 0 saturated carbocycles. The van der Waals surface area contributed by atoms with Crippen molar-refractivity contribution in [3.05, 3.63) is 47.3 Å². The van der Waals surface area contributed by atoms with Crippen molar-refractivity contribution in [2.75, 3.05) is 43.4 Å². The highest BCUT2D eigenvalue weighted by molar-refractivity contribution is 7.91. The first-order valence-corrected chi connectivity index (χ1v) is 13.9. The third-order valence-corrected chi connectivity index (χ3v) is 8.72. The van der Waals surface area contributed by atoms with E-state index >= 15 is 0 Å². The summed E-state index contributed by atoms with van der Waals surface area (Å²) in [5, 5.41) is 16.1. The van der Waals surface area contributed by atoms with Gasteiger partial charge in [0.1, 0.15) is 18.0 Å². The number of aromatic nitrogens is 3. The first kappa shape index (κ1) is 25.9. The largest absolute Gasteiger partial charge is 0.465 e. The number of sulfone groups is 1. The SMILES string of the molecule is Cc1ccc(-c2cc(CN3CCS(=O)(=O)CC3)c3c(N)ncnn23)cc1C(=O)N[C@@H]1CN(C(=O)O)C[C@@H]1F. The van der Waals surface area contributed by atoms with E-state index in [-0.39, 0.29) is 30.4 Å². The molecule has 2 amide bonds. The topological polar surface area (TPSA) is 163 Å². The number of carbonyl (C=O) groups excluding carboxylic acids is 1. The molecule has 2 aromatic heterocycles. The number of rotatable bonds is 5. The van der Waals surface area contributed by atoms with Gasteiger partial charge in [0.05, 0.1) is 29.8 Å². The van der Waals surface area contributed by atoms with Gasteiger partial charge in [-0.2, -0.15) is 5.10 Å². The summed E-state index contributed by atoms with van der Waals surface area (Å²) in [6, 6.07) is 6.24. The van der Waals surface area contributed by atoms with Gasteiger partial charge in [-0.1, -0.05) is 12.1 Å². The lowest BCUT2D eigenvalue weighted by Gasteiger charge is -2.26. The van der Waals surface area contributed by atoms with E-state index < -0.39 is 34.1 Å². The van der Waals surface area contributed by atoms with Gasteiger partial charge in [-0.25, -0.2) is 27.1 Å². The maximum absolute atomic E-state index is 14.4. The zero-order valence-corrected chi connectivity index (χ0v) is 21.5. The smallest absolute Gasteiger partial charge is 0.407 e. The van der Waals surface area contributed by atoms with E-state index in [0.29, 0.717) is 47.5 Å². The molecule has 2 atom stereocenters. The number of hydrogen-bond donors (Lipinski definition) is 3. The maximum atomic E-state index is 14.4. The Morgan fingerprint density at radius 1 is 1.21 bits per heavy atom. The summed E-state index contributed by atoms with van der Waals surface area (Å²) >= 11 is 0. The van der Waals surface area contributed by atoms with Crippen LogP contribution in [0.4, 0.5) is 15.0 Å². The highest BCUT2D eigenvalue weighted by atomic mass is 32.2. The highest BCUT2D eigenvalue weighted by Gasteiger charge is 2.36. The predicted molar refractivity (Wildman–Crippen MR) is 137 cm³/mol. The van der Waals surface area contributed by atoms with Gasteiger partial charge in [0.2, 0.25) is 0 Å². The van der Waals surface area contributed by atoms with Crippen molar-refractivity contribution >= 4 is 33.2 Å². The van der Waals surface area contributed by atoms with Crippen LogP contribution in [0.25, 0.3) is 16.8 Å². The third-order valence-electron chi connectivity index (χ3n) is 7.11. The number of carbonyl (C=O) groups is 2. The number of benzene rings is 1. The molecule has 2 aliphatic rings. The number of nitrogens with zero attached hydrogens (tertiary/aromatic N) is 5. The second kappa shape index (κ2) is 9.83. The standard InChI is InChI=1S/C24H28FN7O5S/c1-14-2-3-15(8-17(14)23(33)29-19-12-31(24(34)35)11-18(19)25)20-9-16(21-22(26)27-13-28-32(20)21)10-30-4-6-38(36,37)7-5-30/h2-3,8-9,13,18-19H,4-7,10-12H2,1H3,(H,29,33)(H,34,35)(H2,26,27,28)/t18-,19+/m0/s1. The minimum absolute atomic E-state index is 0.0962. The molecule has 4 heterocycles. The number of aryl methyl sites for hydroxylation is 1. The molecule has 12 nitrogen and oxygen atoms in total. The van der Waals surface area contributed by atoms with Crippen LogP contribution in [0.2, 0.25) is 0 Å². The Balaban J connectivity index is 1.45. The molecule has 1 aromatic carbocycles. The summed E-state index contributed by atoms with van der Waals surface area (Å²) in [5.74, 6) is -0.0407. The van der Waals surface area contributed by atoms with Crippen LogP contribution >= 0.6 is 0 Å². The van der Waals surface area contributed by atoms with Crippen LogP contribution < -0.4 is 11.1 Å². The summed E-state index contributed by atoms with van der Waals surface area (Å²) in [6.07, 6.45) is -1.40. The quantitative estimate of drug-likeness (QED) is 0.423. The van der Waals surface area contributed by atoms with E-state index in [9.17, 15) is 22.4 Å². The van der Waals surface area contributed by atoms with Crippen LogP contribution in [0.5, 0.6) is 0 Å². The summed E-state index contributed by atoms with van der Waals surface area (Å²) in [4.78, 5) is 31.4. The molecule has 5 rings (SSSR count). The normalized spacial score (nSPS) is 21.6. The molecule has 0 aliphatic carbocycles. The summed E-state index contributed by atoms with van der Waals surface area (Å²) in [6.45, 7) is 2.62. The van der Waals surface area contributed by atoms with Crippen molar-refractivity contribution in [2.45, 2.75) is 25.7 Å². The molecule has 0 spiro atoms. The molecule has 14 heteroatoms. The number of carboxylic acid groups (broad SMARTS) is 1. The van der Waals surface area contributed by atoms with Crippen LogP contribution in [0, 0.1) is 6.92 Å². The van der Waals surface area contributed by atoms with Gasteiger partial charge < -0.3 is 21.1 Å². The number of amides is 2. The molecule has 4 N–H and O–H groups in total. The Labute approximate surface area is 218 Å². The number of anilines is 1. The first-order valence-electron chi connectivity index (χ1n) is 12.1. The highest BCUT2D eigenvalue weighted by Crippen LogP contribution is 2.30. The van der Waals surface area contributed by atoms with Crippen molar-refractivity contribution in [3.63, 3.8) is 0 Å². The number of nitrogens with two attached hydrogens (primary N) is 1.